The smallest absolute Gasteiger partial charge is 0.275 e. The van der Waals surface area contributed by atoms with Gasteiger partial charge in [-0.3, -0.25) is 10.0 Å². The van der Waals surface area contributed by atoms with Crippen LogP contribution < -0.4 is 5.48 Å². The van der Waals surface area contributed by atoms with E-state index in [9.17, 15) is 4.79 Å². The van der Waals surface area contributed by atoms with Gasteiger partial charge >= 0.3 is 0 Å². The van der Waals surface area contributed by atoms with Crippen molar-refractivity contribution in [3.8, 4) is 11.1 Å². The zero-order valence-electron chi connectivity index (χ0n) is 14.9. The van der Waals surface area contributed by atoms with Crippen molar-refractivity contribution in [1.29, 1.82) is 0 Å². The molecule has 0 saturated heterocycles. The number of imidazole rings is 1. The Hall–Kier alpha value is -3.44. The first-order chi connectivity index (χ1) is 13.2. The Morgan fingerprint density at radius 2 is 1.78 bits per heavy atom. The molecule has 4 aromatic rings. The molecule has 0 aliphatic carbocycles. The van der Waals surface area contributed by atoms with Crippen LogP contribution in [0.2, 0.25) is 0 Å². The molecule has 1 amide bonds. The lowest BCUT2D eigenvalue weighted by Crippen LogP contribution is -2.19. The van der Waals surface area contributed by atoms with E-state index in [-0.39, 0.29) is 0 Å². The Bertz CT molecular complexity index is 1120. The first-order valence-corrected chi connectivity index (χ1v) is 8.72. The predicted octanol–water partition coefficient (Wildman–Crippen LogP) is 4.18. The fourth-order valence-electron chi connectivity index (χ4n) is 3.38. The third-order valence-corrected chi connectivity index (χ3v) is 4.70. The maximum atomic E-state index is 12.1. The molecular weight excluding hydrogens is 338 g/mol. The normalized spacial score (nSPS) is 10.9. The van der Waals surface area contributed by atoms with Crippen molar-refractivity contribution in [2.45, 2.75) is 13.5 Å². The zero-order chi connectivity index (χ0) is 18.8. The molecule has 2 N–H and O–H groups in total. The lowest BCUT2D eigenvalue weighted by molar-refractivity contribution is 0.0707. The molecule has 5 heteroatoms. The molecule has 0 saturated carbocycles. The number of rotatable bonds is 4. The number of amides is 1. The number of aryl methyl sites for hydroxylation is 1. The topological polar surface area (TPSA) is 67.2 Å². The molecule has 0 aliphatic rings. The van der Waals surface area contributed by atoms with Crippen LogP contribution in [0.4, 0.5) is 0 Å². The lowest BCUT2D eigenvalue weighted by atomic mass is 9.96. The van der Waals surface area contributed by atoms with Crippen LogP contribution in [0.3, 0.4) is 0 Å². The van der Waals surface area contributed by atoms with E-state index < -0.39 is 5.91 Å². The average molecular weight is 357 g/mol. The molecule has 0 atom stereocenters. The highest BCUT2D eigenvalue weighted by atomic mass is 16.5. The molecule has 0 fully saturated rings. The maximum absolute atomic E-state index is 12.1. The predicted molar refractivity (Wildman–Crippen MR) is 105 cm³/mol. The summed E-state index contributed by atoms with van der Waals surface area (Å²) < 4.78 is 2.16. The van der Waals surface area contributed by atoms with Crippen LogP contribution in [0.25, 0.3) is 22.2 Å². The summed E-state index contributed by atoms with van der Waals surface area (Å²) >= 11 is 0. The summed E-state index contributed by atoms with van der Waals surface area (Å²) in [5.41, 5.74) is 6.96. The number of aromatic nitrogens is 2. The Morgan fingerprint density at radius 3 is 2.56 bits per heavy atom. The fourth-order valence-corrected chi connectivity index (χ4v) is 3.38. The van der Waals surface area contributed by atoms with Crippen molar-refractivity contribution in [3.63, 3.8) is 0 Å². The molecule has 0 radical (unpaired) electrons. The van der Waals surface area contributed by atoms with Gasteiger partial charge in [-0.1, -0.05) is 48.5 Å². The van der Waals surface area contributed by atoms with Crippen molar-refractivity contribution in [2.75, 3.05) is 0 Å². The average Bonchev–Trinajstić information content (AvgIpc) is 3.03. The van der Waals surface area contributed by atoms with Gasteiger partial charge in [0, 0.05) is 12.1 Å². The van der Waals surface area contributed by atoms with Crippen LogP contribution in [0.1, 0.15) is 21.7 Å². The Morgan fingerprint density at radius 1 is 1.04 bits per heavy atom. The van der Waals surface area contributed by atoms with Crippen LogP contribution in [0, 0.1) is 6.92 Å². The zero-order valence-corrected chi connectivity index (χ0v) is 14.9. The van der Waals surface area contributed by atoms with Gasteiger partial charge in [-0.15, -0.1) is 0 Å². The largest absolute Gasteiger partial charge is 0.324 e. The molecule has 0 aliphatic heterocycles. The summed E-state index contributed by atoms with van der Waals surface area (Å²) in [6.45, 7) is 2.64. The Labute approximate surface area is 156 Å². The fraction of sp³-hybridized carbons (Fsp3) is 0.0909. The van der Waals surface area contributed by atoms with E-state index in [0.29, 0.717) is 12.1 Å². The van der Waals surface area contributed by atoms with Crippen molar-refractivity contribution in [3.05, 3.63) is 89.7 Å². The van der Waals surface area contributed by atoms with E-state index in [1.165, 1.54) is 0 Å². The second kappa shape index (κ2) is 7.05. The molecule has 27 heavy (non-hydrogen) atoms. The van der Waals surface area contributed by atoms with Gasteiger partial charge in [0.2, 0.25) is 0 Å². The summed E-state index contributed by atoms with van der Waals surface area (Å²) in [4.78, 5) is 16.7. The minimum atomic E-state index is -0.523. The number of carbonyl (C=O) groups is 1. The second-order valence-corrected chi connectivity index (χ2v) is 6.42. The molecule has 1 aromatic heterocycles. The molecule has 5 nitrogen and oxygen atoms in total. The van der Waals surface area contributed by atoms with Gasteiger partial charge < -0.3 is 4.57 Å². The Kier molecular flexibility index (Phi) is 4.44. The van der Waals surface area contributed by atoms with E-state index >= 15 is 0 Å². The van der Waals surface area contributed by atoms with Crippen molar-refractivity contribution < 1.29 is 10.0 Å². The molecule has 1 heterocycles. The number of nitrogens with zero attached hydrogens (tertiary/aromatic N) is 2. The number of nitrogens with one attached hydrogen (secondary N) is 1. The van der Waals surface area contributed by atoms with E-state index in [2.05, 4.69) is 15.6 Å². The van der Waals surface area contributed by atoms with Crippen LogP contribution in [-0.2, 0) is 6.54 Å². The highest BCUT2D eigenvalue weighted by Crippen LogP contribution is 2.26. The minimum Gasteiger partial charge on any atom is -0.324 e. The number of carbonyl (C=O) groups excluding carboxylic acids is 1. The molecule has 3 aromatic carbocycles. The first-order valence-electron chi connectivity index (χ1n) is 8.72. The monoisotopic (exact) mass is 357 g/mol. The Balaban J connectivity index is 1.80. The number of benzene rings is 3. The quantitative estimate of drug-likeness (QED) is 0.425. The third-order valence-electron chi connectivity index (χ3n) is 4.70. The number of hydrogen-bond acceptors (Lipinski definition) is 3. The molecule has 0 unspecified atom stereocenters. The summed E-state index contributed by atoms with van der Waals surface area (Å²) in [5, 5.41) is 9.08. The van der Waals surface area contributed by atoms with Gasteiger partial charge in [0.05, 0.1) is 11.0 Å². The highest BCUT2D eigenvalue weighted by molar-refractivity contribution is 6.00. The molecule has 0 spiro atoms. The van der Waals surface area contributed by atoms with Gasteiger partial charge in [0.1, 0.15) is 5.82 Å². The van der Waals surface area contributed by atoms with Gasteiger partial charge in [-0.2, -0.15) is 0 Å². The summed E-state index contributed by atoms with van der Waals surface area (Å²) in [6, 6.07) is 23.4. The van der Waals surface area contributed by atoms with E-state index in [0.717, 1.165) is 33.5 Å². The van der Waals surface area contributed by atoms with Crippen LogP contribution in [0.15, 0.2) is 72.8 Å². The first kappa shape index (κ1) is 17.0. The third kappa shape index (κ3) is 3.20. The molecular formula is C22H19N3O2. The summed E-state index contributed by atoms with van der Waals surface area (Å²) in [5.74, 6) is 0.416. The van der Waals surface area contributed by atoms with Crippen molar-refractivity contribution in [2.24, 2.45) is 0 Å². The SMILES string of the molecule is Cc1nc2ccccc2n1Cc1ccc(C(=O)NO)c(-c2ccccc2)c1. The number of fused-ring (bicyclic) bond motifs is 1. The number of para-hydroxylation sites is 2. The van der Waals surface area contributed by atoms with Crippen molar-refractivity contribution in [1.82, 2.24) is 15.0 Å². The standard InChI is InChI=1S/C22H19N3O2/c1-15-23-20-9-5-6-10-21(20)25(15)14-16-11-12-18(22(26)24-27)19(13-16)17-7-3-2-4-8-17/h2-13,27H,14H2,1H3,(H,24,26). The second-order valence-electron chi connectivity index (χ2n) is 6.42. The van der Waals surface area contributed by atoms with Crippen molar-refractivity contribution >= 4 is 16.9 Å². The molecule has 4 rings (SSSR count). The van der Waals surface area contributed by atoms with E-state index in [1.807, 2.05) is 67.6 Å². The van der Waals surface area contributed by atoms with Gasteiger partial charge in [-0.25, -0.2) is 10.5 Å². The van der Waals surface area contributed by atoms with Crippen LogP contribution in [-0.4, -0.2) is 20.7 Å². The number of hydroxylamine groups is 1. The van der Waals surface area contributed by atoms with Crippen LogP contribution in [0.5, 0.6) is 0 Å². The van der Waals surface area contributed by atoms with E-state index in [4.69, 9.17) is 5.21 Å². The van der Waals surface area contributed by atoms with Gasteiger partial charge in [0.15, 0.2) is 0 Å². The minimum absolute atomic E-state index is 0.430. The number of hydrogen-bond donors (Lipinski definition) is 2. The molecule has 134 valence electrons. The summed E-state index contributed by atoms with van der Waals surface area (Å²) in [7, 11) is 0. The lowest BCUT2D eigenvalue weighted by Gasteiger charge is -2.13. The highest BCUT2D eigenvalue weighted by Gasteiger charge is 2.14. The van der Waals surface area contributed by atoms with Gasteiger partial charge in [0.25, 0.3) is 5.91 Å². The van der Waals surface area contributed by atoms with Crippen LogP contribution >= 0.6 is 0 Å². The maximum Gasteiger partial charge on any atom is 0.275 e. The van der Waals surface area contributed by atoms with E-state index in [1.54, 1.807) is 11.5 Å². The van der Waals surface area contributed by atoms with Gasteiger partial charge in [-0.05, 0) is 47.9 Å². The molecule has 0 bridgehead atoms. The summed E-state index contributed by atoms with van der Waals surface area (Å²) in [6.07, 6.45) is 0.